The van der Waals surface area contributed by atoms with Gasteiger partial charge in [0.25, 0.3) is 0 Å². The molecule has 5 heteroatoms. The first-order chi connectivity index (χ1) is 13.6. The van der Waals surface area contributed by atoms with Gasteiger partial charge >= 0.3 is 0 Å². The maximum atomic E-state index is 13.6. The Balaban J connectivity index is 1.63. The molecule has 160 valence electrons. The molecule has 29 heavy (non-hydrogen) atoms. The van der Waals surface area contributed by atoms with E-state index in [0.717, 1.165) is 19.3 Å². The van der Waals surface area contributed by atoms with E-state index in [-0.39, 0.29) is 64.7 Å². The zero-order valence-corrected chi connectivity index (χ0v) is 17.9. The van der Waals surface area contributed by atoms with E-state index in [1.165, 1.54) is 0 Å². The van der Waals surface area contributed by atoms with Crippen LogP contribution in [-0.2, 0) is 19.2 Å². The predicted molar refractivity (Wildman–Crippen MR) is 104 cm³/mol. The number of rotatable bonds is 4. The summed E-state index contributed by atoms with van der Waals surface area (Å²) in [6.07, 6.45) is 5.08. The van der Waals surface area contributed by atoms with Crippen LogP contribution in [0.4, 0.5) is 0 Å². The second kappa shape index (κ2) is 7.02. The number of fused-ring (bicyclic) bond motifs is 5. The Morgan fingerprint density at radius 2 is 1.83 bits per heavy atom. The third kappa shape index (κ3) is 3.02. The molecule has 0 aromatic carbocycles. The van der Waals surface area contributed by atoms with Crippen LogP contribution in [0.15, 0.2) is 0 Å². The first-order valence-corrected chi connectivity index (χ1v) is 11.4. The van der Waals surface area contributed by atoms with Crippen molar-refractivity contribution in [3.63, 3.8) is 0 Å². The van der Waals surface area contributed by atoms with Gasteiger partial charge in [0.15, 0.2) is 0 Å². The van der Waals surface area contributed by atoms with Gasteiger partial charge in [-0.15, -0.1) is 0 Å². The molecule has 0 aromatic rings. The van der Waals surface area contributed by atoms with Crippen LogP contribution in [0, 0.1) is 46.3 Å². The molecule has 5 nitrogen and oxygen atoms in total. The zero-order chi connectivity index (χ0) is 21.1. The summed E-state index contributed by atoms with van der Waals surface area (Å²) in [4.78, 5) is 49.8. The fourth-order valence-corrected chi connectivity index (χ4v) is 7.94. The highest BCUT2D eigenvalue weighted by Crippen LogP contribution is 2.66. The molecular weight excluding hydrogens is 368 g/mol. The highest BCUT2D eigenvalue weighted by atomic mass is 16.4. The minimum atomic E-state index is -1.04. The number of hydrogen-bond acceptors (Lipinski definition) is 5. The summed E-state index contributed by atoms with van der Waals surface area (Å²) >= 11 is 0. The number of carboxylic acids is 1. The number of carboxylic acid groups (broad SMARTS) is 1. The van der Waals surface area contributed by atoms with E-state index < -0.39 is 11.4 Å². The molecule has 4 saturated carbocycles. The summed E-state index contributed by atoms with van der Waals surface area (Å²) in [7, 11) is 0. The van der Waals surface area contributed by atoms with Crippen LogP contribution in [0.3, 0.4) is 0 Å². The number of hydrogen-bond donors (Lipinski definition) is 0. The van der Waals surface area contributed by atoms with Crippen molar-refractivity contribution in [3.05, 3.63) is 0 Å². The van der Waals surface area contributed by atoms with Crippen LogP contribution in [0.2, 0.25) is 0 Å². The summed E-state index contributed by atoms with van der Waals surface area (Å²) < 4.78 is 0. The van der Waals surface area contributed by atoms with Gasteiger partial charge in [-0.3, -0.25) is 14.4 Å². The lowest BCUT2D eigenvalue weighted by Crippen LogP contribution is -2.60. The Morgan fingerprint density at radius 1 is 1.10 bits per heavy atom. The molecule has 0 N–H and O–H groups in total. The molecule has 4 rings (SSSR count). The highest BCUT2D eigenvalue weighted by Gasteiger charge is 2.66. The number of aliphatic carboxylic acids is 1. The van der Waals surface area contributed by atoms with Crippen LogP contribution in [-0.4, -0.2) is 23.3 Å². The average molecular weight is 402 g/mol. The lowest BCUT2D eigenvalue weighted by Gasteiger charge is -2.58. The summed E-state index contributed by atoms with van der Waals surface area (Å²) in [5.74, 6) is 0.130. The molecule has 0 aromatic heterocycles. The van der Waals surface area contributed by atoms with Crippen molar-refractivity contribution in [3.8, 4) is 0 Å². The minimum absolute atomic E-state index is 0.0192. The molecule has 4 aliphatic carbocycles. The lowest BCUT2D eigenvalue weighted by molar-refractivity contribution is -0.306. The zero-order valence-electron chi connectivity index (χ0n) is 17.9. The molecule has 8 atom stereocenters. The standard InChI is InChI=1S/C24H34O5/c1-13(4-7-21(28)29)16-5-6-17-22-18(12-20(27)24(16,17)3)23(2)9-8-15(25)10-14(23)11-19(22)26/h13-14,16-18,22H,4-12H2,1-3H3,(H,28,29)/p-1. The largest absolute Gasteiger partial charge is 0.550 e. The molecule has 0 radical (unpaired) electrons. The summed E-state index contributed by atoms with van der Waals surface area (Å²) in [6.45, 7) is 6.32. The normalized spacial score (nSPS) is 45.3. The van der Waals surface area contributed by atoms with Crippen LogP contribution >= 0.6 is 0 Å². The van der Waals surface area contributed by atoms with Gasteiger partial charge in [-0.05, 0) is 67.1 Å². The highest BCUT2D eigenvalue weighted by molar-refractivity contribution is 5.93. The summed E-state index contributed by atoms with van der Waals surface area (Å²) in [5.41, 5.74) is -0.627. The van der Waals surface area contributed by atoms with E-state index in [0.29, 0.717) is 32.1 Å². The average Bonchev–Trinajstić information content (AvgIpc) is 3.01. The van der Waals surface area contributed by atoms with Crippen LogP contribution < -0.4 is 5.11 Å². The van der Waals surface area contributed by atoms with Gasteiger partial charge in [-0.1, -0.05) is 20.8 Å². The number of Topliss-reactive ketones (excluding diaryl/α,β-unsaturated/α-hetero) is 3. The van der Waals surface area contributed by atoms with Crippen molar-refractivity contribution in [2.45, 2.75) is 78.6 Å². The van der Waals surface area contributed by atoms with Crippen molar-refractivity contribution in [2.24, 2.45) is 46.3 Å². The molecule has 4 aliphatic rings. The molecule has 0 heterocycles. The van der Waals surface area contributed by atoms with Crippen molar-refractivity contribution < 1.29 is 24.3 Å². The minimum Gasteiger partial charge on any atom is -0.550 e. The third-order valence-corrected chi connectivity index (χ3v) is 9.71. The van der Waals surface area contributed by atoms with Crippen LogP contribution in [0.25, 0.3) is 0 Å². The Bertz CT molecular complexity index is 756. The van der Waals surface area contributed by atoms with Crippen molar-refractivity contribution in [1.29, 1.82) is 0 Å². The molecule has 0 saturated heterocycles. The quantitative estimate of drug-likeness (QED) is 0.722. The molecule has 0 aliphatic heterocycles. The van der Waals surface area contributed by atoms with Crippen LogP contribution in [0.1, 0.15) is 78.6 Å². The van der Waals surface area contributed by atoms with E-state index in [4.69, 9.17) is 0 Å². The third-order valence-electron chi connectivity index (χ3n) is 9.71. The molecule has 0 amide bonds. The van der Waals surface area contributed by atoms with Gasteiger partial charge in [0.2, 0.25) is 0 Å². The summed E-state index contributed by atoms with van der Waals surface area (Å²) in [6, 6.07) is 0. The summed E-state index contributed by atoms with van der Waals surface area (Å²) in [5, 5.41) is 10.9. The van der Waals surface area contributed by atoms with Gasteiger partial charge in [0.05, 0.1) is 0 Å². The monoisotopic (exact) mass is 401 g/mol. The fourth-order valence-electron chi connectivity index (χ4n) is 7.94. The topological polar surface area (TPSA) is 91.3 Å². The molecular formula is C24H33O5-. The number of carbonyl (C=O) groups is 4. The van der Waals surface area contributed by atoms with E-state index in [9.17, 15) is 24.3 Å². The predicted octanol–water partition coefficient (Wildman–Crippen LogP) is 2.74. The van der Waals surface area contributed by atoms with E-state index in [1.54, 1.807) is 0 Å². The van der Waals surface area contributed by atoms with Gasteiger partial charge in [-0.25, -0.2) is 0 Å². The molecule has 8 unspecified atom stereocenters. The number of carbonyl (C=O) groups excluding carboxylic acids is 4. The first kappa shape index (κ1) is 20.7. The van der Waals surface area contributed by atoms with E-state index in [2.05, 4.69) is 13.8 Å². The van der Waals surface area contributed by atoms with Gasteiger partial charge in [-0.2, -0.15) is 0 Å². The van der Waals surface area contributed by atoms with E-state index >= 15 is 0 Å². The Morgan fingerprint density at radius 3 is 2.52 bits per heavy atom. The van der Waals surface area contributed by atoms with Gasteiger partial charge < -0.3 is 9.90 Å². The second-order valence-electron chi connectivity index (χ2n) is 10.8. The molecule has 4 fully saturated rings. The molecule has 0 bridgehead atoms. The maximum Gasteiger partial charge on any atom is 0.139 e. The van der Waals surface area contributed by atoms with Crippen molar-refractivity contribution in [2.75, 3.05) is 0 Å². The fraction of sp³-hybridized carbons (Fsp3) is 0.833. The molecule has 0 spiro atoms. The Hall–Kier alpha value is -1.52. The number of ketones is 3. The Labute approximate surface area is 173 Å². The second-order valence-corrected chi connectivity index (χ2v) is 10.8. The van der Waals surface area contributed by atoms with Gasteiger partial charge in [0, 0.05) is 43.0 Å². The van der Waals surface area contributed by atoms with E-state index in [1.807, 2.05) is 6.92 Å². The lowest BCUT2D eigenvalue weighted by atomic mass is 9.44. The maximum absolute atomic E-state index is 13.6. The smallest absolute Gasteiger partial charge is 0.139 e. The van der Waals surface area contributed by atoms with Gasteiger partial charge in [0.1, 0.15) is 17.3 Å². The SMILES string of the molecule is CC(CCC(=O)[O-])C1CCC2C3C(=O)CC4CC(=O)CCC4(C)C3CC(=O)C12C. The first-order valence-electron chi connectivity index (χ1n) is 11.4. The van der Waals surface area contributed by atoms with Crippen molar-refractivity contribution in [1.82, 2.24) is 0 Å². The van der Waals surface area contributed by atoms with Crippen LogP contribution in [0.5, 0.6) is 0 Å². The Kier molecular flexibility index (Phi) is 5.02. The van der Waals surface area contributed by atoms with Crippen molar-refractivity contribution >= 4 is 23.3 Å².